The van der Waals surface area contributed by atoms with Crippen molar-refractivity contribution in [1.82, 2.24) is 9.97 Å². The van der Waals surface area contributed by atoms with Crippen molar-refractivity contribution in [2.45, 2.75) is 18.3 Å². The molecule has 3 nitrogen and oxygen atoms in total. The lowest BCUT2D eigenvalue weighted by Crippen LogP contribution is -2.21. The van der Waals surface area contributed by atoms with Crippen LogP contribution >= 0.6 is 0 Å². The smallest absolute Gasteiger partial charge is 0.114 e. The van der Waals surface area contributed by atoms with Crippen molar-refractivity contribution >= 4 is 10.8 Å². The minimum atomic E-state index is 0.120. The number of aromatic amines is 1. The first-order valence-corrected chi connectivity index (χ1v) is 7.05. The molecule has 0 aliphatic heterocycles. The van der Waals surface area contributed by atoms with Gasteiger partial charge >= 0.3 is 0 Å². The van der Waals surface area contributed by atoms with Crippen LogP contribution in [0.25, 0.3) is 22.0 Å². The Labute approximate surface area is 117 Å². The van der Waals surface area contributed by atoms with E-state index in [1.54, 1.807) is 0 Å². The number of nitrogens with zero attached hydrogens (tertiary/aromatic N) is 1. The van der Waals surface area contributed by atoms with Gasteiger partial charge in [0.05, 0.1) is 11.9 Å². The maximum atomic E-state index is 5.86. The lowest BCUT2D eigenvalue weighted by Gasteiger charge is -2.07. The molecule has 20 heavy (non-hydrogen) atoms. The van der Waals surface area contributed by atoms with Crippen LogP contribution in [0.1, 0.15) is 18.7 Å². The molecule has 0 amide bonds. The molecule has 1 aromatic heterocycles. The molecule has 0 unspecified atom stereocenters. The number of benzene rings is 2. The highest BCUT2D eigenvalue weighted by Gasteiger charge is 2.45. The second-order valence-corrected chi connectivity index (χ2v) is 5.69. The van der Waals surface area contributed by atoms with Gasteiger partial charge in [0.2, 0.25) is 0 Å². The molecule has 1 heterocycles. The molecular weight excluding hydrogens is 246 g/mol. The van der Waals surface area contributed by atoms with E-state index >= 15 is 0 Å². The Bertz CT molecular complexity index is 769. The minimum Gasteiger partial charge on any atom is -0.342 e. The molecule has 1 aliphatic rings. The Balaban J connectivity index is 1.76. The van der Waals surface area contributed by atoms with Gasteiger partial charge in [-0.2, -0.15) is 0 Å². The summed E-state index contributed by atoms with van der Waals surface area (Å²) in [6.07, 6.45) is 4.22. The molecule has 0 bridgehead atoms. The zero-order valence-electron chi connectivity index (χ0n) is 11.3. The van der Waals surface area contributed by atoms with E-state index in [1.165, 1.54) is 16.3 Å². The van der Waals surface area contributed by atoms with Crippen molar-refractivity contribution < 1.29 is 0 Å². The molecule has 4 rings (SSSR count). The summed E-state index contributed by atoms with van der Waals surface area (Å²) < 4.78 is 0. The number of H-pyrrole nitrogens is 1. The SMILES string of the molecule is NCC1(c2ncc(-c3ccc4ccccc4c3)[nH]2)CC1. The van der Waals surface area contributed by atoms with Crippen LogP contribution < -0.4 is 5.73 Å². The van der Waals surface area contributed by atoms with E-state index in [2.05, 4.69) is 52.4 Å². The Kier molecular flexibility index (Phi) is 2.44. The lowest BCUT2D eigenvalue weighted by molar-refractivity contribution is 0.659. The van der Waals surface area contributed by atoms with Gasteiger partial charge in [-0.1, -0.05) is 36.4 Å². The van der Waals surface area contributed by atoms with Gasteiger partial charge in [-0.3, -0.25) is 0 Å². The standard InChI is InChI=1S/C17H17N3/c18-11-17(7-8-17)16-19-10-15(20-16)14-6-5-12-3-1-2-4-13(12)9-14/h1-6,9-10H,7-8,11,18H2,(H,19,20). The maximum Gasteiger partial charge on any atom is 0.114 e. The molecule has 3 aromatic rings. The highest BCUT2D eigenvalue weighted by molar-refractivity contribution is 5.86. The number of aromatic nitrogens is 2. The first-order chi connectivity index (χ1) is 9.81. The van der Waals surface area contributed by atoms with Crippen molar-refractivity contribution in [3.63, 3.8) is 0 Å². The summed E-state index contributed by atoms with van der Waals surface area (Å²) in [6.45, 7) is 0.678. The lowest BCUT2D eigenvalue weighted by atomic mass is 10.1. The minimum absolute atomic E-state index is 0.120. The quantitative estimate of drug-likeness (QED) is 0.762. The van der Waals surface area contributed by atoms with Gasteiger partial charge in [-0.05, 0) is 29.7 Å². The molecule has 0 radical (unpaired) electrons. The zero-order chi connectivity index (χ0) is 13.6. The van der Waals surface area contributed by atoms with E-state index < -0.39 is 0 Å². The van der Waals surface area contributed by atoms with Crippen LogP contribution in [0.5, 0.6) is 0 Å². The highest BCUT2D eigenvalue weighted by atomic mass is 15.0. The summed E-state index contributed by atoms with van der Waals surface area (Å²) in [7, 11) is 0. The number of imidazole rings is 1. The number of nitrogens with two attached hydrogens (primary N) is 1. The number of fused-ring (bicyclic) bond motifs is 1. The van der Waals surface area contributed by atoms with Gasteiger partial charge in [-0.15, -0.1) is 0 Å². The molecular formula is C17H17N3. The first-order valence-electron chi connectivity index (χ1n) is 7.05. The van der Waals surface area contributed by atoms with E-state index in [1.807, 2.05) is 6.20 Å². The first kappa shape index (κ1) is 11.7. The number of hydrogen-bond acceptors (Lipinski definition) is 2. The topological polar surface area (TPSA) is 54.7 Å². The van der Waals surface area contributed by atoms with E-state index in [0.29, 0.717) is 6.54 Å². The fourth-order valence-electron chi connectivity index (χ4n) is 2.78. The summed E-state index contributed by atoms with van der Waals surface area (Å²) in [5, 5.41) is 2.51. The Morgan fingerprint density at radius 1 is 1.10 bits per heavy atom. The molecule has 0 atom stereocenters. The predicted molar refractivity (Wildman–Crippen MR) is 81.5 cm³/mol. The normalized spacial score (nSPS) is 16.4. The van der Waals surface area contributed by atoms with E-state index in [-0.39, 0.29) is 5.41 Å². The van der Waals surface area contributed by atoms with Crippen molar-refractivity contribution in [2.24, 2.45) is 5.73 Å². The molecule has 0 saturated heterocycles. The molecule has 3 heteroatoms. The largest absolute Gasteiger partial charge is 0.342 e. The fourth-order valence-corrected chi connectivity index (χ4v) is 2.78. The molecule has 100 valence electrons. The van der Waals surface area contributed by atoms with E-state index in [0.717, 1.165) is 24.4 Å². The summed E-state index contributed by atoms with van der Waals surface area (Å²) in [5.41, 5.74) is 8.23. The van der Waals surface area contributed by atoms with Crippen LogP contribution in [0.4, 0.5) is 0 Å². The van der Waals surface area contributed by atoms with E-state index in [4.69, 9.17) is 5.73 Å². The Morgan fingerprint density at radius 3 is 2.65 bits per heavy atom. The average Bonchev–Trinajstić information content (AvgIpc) is 3.15. The summed E-state index contributed by atoms with van der Waals surface area (Å²) in [4.78, 5) is 8.00. The van der Waals surface area contributed by atoms with Crippen LogP contribution in [0, 0.1) is 0 Å². The number of nitrogens with one attached hydrogen (secondary N) is 1. The van der Waals surface area contributed by atoms with Gasteiger partial charge < -0.3 is 10.7 Å². The highest BCUT2D eigenvalue weighted by Crippen LogP contribution is 2.46. The maximum absolute atomic E-state index is 5.86. The summed E-state index contributed by atoms with van der Waals surface area (Å²) in [5.74, 6) is 1.04. The molecule has 1 saturated carbocycles. The van der Waals surface area contributed by atoms with Crippen LogP contribution in [-0.4, -0.2) is 16.5 Å². The van der Waals surface area contributed by atoms with Gasteiger partial charge in [0.15, 0.2) is 0 Å². The van der Waals surface area contributed by atoms with Gasteiger partial charge in [0, 0.05) is 17.5 Å². The van der Waals surface area contributed by atoms with Crippen LogP contribution in [-0.2, 0) is 5.41 Å². The van der Waals surface area contributed by atoms with Gasteiger partial charge in [0.1, 0.15) is 5.82 Å². The second-order valence-electron chi connectivity index (χ2n) is 5.69. The Hall–Kier alpha value is -2.13. The van der Waals surface area contributed by atoms with Crippen molar-refractivity contribution in [1.29, 1.82) is 0 Å². The fraction of sp³-hybridized carbons (Fsp3) is 0.235. The van der Waals surface area contributed by atoms with Crippen LogP contribution in [0.2, 0.25) is 0 Å². The van der Waals surface area contributed by atoms with E-state index in [9.17, 15) is 0 Å². The molecule has 0 spiro atoms. The van der Waals surface area contributed by atoms with Crippen LogP contribution in [0.3, 0.4) is 0 Å². The van der Waals surface area contributed by atoms with Gasteiger partial charge in [0.25, 0.3) is 0 Å². The Morgan fingerprint density at radius 2 is 1.90 bits per heavy atom. The third-order valence-corrected chi connectivity index (χ3v) is 4.38. The summed E-state index contributed by atoms with van der Waals surface area (Å²) >= 11 is 0. The molecule has 1 fully saturated rings. The average molecular weight is 263 g/mol. The summed E-state index contributed by atoms with van der Waals surface area (Å²) in [6, 6.07) is 14.9. The zero-order valence-corrected chi connectivity index (χ0v) is 11.3. The molecule has 3 N–H and O–H groups in total. The third kappa shape index (κ3) is 1.74. The second kappa shape index (κ2) is 4.18. The third-order valence-electron chi connectivity index (χ3n) is 4.38. The van der Waals surface area contributed by atoms with Crippen molar-refractivity contribution in [3.05, 3.63) is 54.5 Å². The predicted octanol–water partition coefficient (Wildman–Crippen LogP) is 3.22. The number of rotatable bonds is 3. The van der Waals surface area contributed by atoms with Crippen molar-refractivity contribution in [3.8, 4) is 11.3 Å². The monoisotopic (exact) mass is 263 g/mol. The number of hydrogen-bond donors (Lipinski definition) is 2. The van der Waals surface area contributed by atoms with Crippen LogP contribution in [0.15, 0.2) is 48.7 Å². The van der Waals surface area contributed by atoms with Gasteiger partial charge in [-0.25, -0.2) is 4.98 Å². The molecule has 1 aliphatic carbocycles. The molecule has 2 aromatic carbocycles. The van der Waals surface area contributed by atoms with Crippen molar-refractivity contribution in [2.75, 3.05) is 6.54 Å².